The highest BCUT2D eigenvalue weighted by molar-refractivity contribution is 5.77. The number of para-hydroxylation sites is 1. The molecular weight excluding hydrogens is 275 g/mol. The Hall–Kier alpha value is -2.89. The second kappa shape index (κ2) is 5.24. The molecule has 0 spiro atoms. The highest BCUT2D eigenvalue weighted by Crippen LogP contribution is 2.23. The molecule has 0 saturated carbocycles. The molecule has 1 aromatic heterocycles. The van der Waals surface area contributed by atoms with Crippen LogP contribution in [-0.2, 0) is 6.54 Å². The quantitative estimate of drug-likeness (QED) is 0.579. The molecule has 1 heterocycles. The molecule has 0 aliphatic carbocycles. The van der Waals surface area contributed by atoms with Gasteiger partial charge in [0.05, 0.1) is 23.2 Å². The average Bonchev–Trinajstić information content (AvgIpc) is 2.88. The number of halogens is 1. The van der Waals surface area contributed by atoms with Crippen molar-refractivity contribution in [3.05, 3.63) is 70.2 Å². The van der Waals surface area contributed by atoms with Gasteiger partial charge in [-0.05, 0) is 18.2 Å². The number of nitro benzene ring substituents is 1. The van der Waals surface area contributed by atoms with Crippen LogP contribution in [0.5, 0.6) is 0 Å². The summed E-state index contributed by atoms with van der Waals surface area (Å²) < 4.78 is 19.3. The van der Waals surface area contributed by atoms with Crippen molar-refractivity contribution < 1.29 is 13.7 Å². The molecule has 0 unspecified atom stereocenters. The Kier molecular flexibility index (Phi) is 3.27. The maximum absolute atomic E-state index is 13.7. The molecule has 6 heteroatoms. The van der Waals surface area contributed by atoms with E-state index in [4.69, 9.17) is 4.42 Å². The number of furan rings is 1. The molecule has 3 aromatic rings. The van der Waals surface area contributed by atoms with E-state index in [9.17, 15) is 14.5 Å². The van der Waals surface area contributed by atoms with Crippen molar-refractivity contribution in [3.63, 3.8) is 0 Å². The molecule has 0 aliphatic rings. The van der Waals surface area contributed by atoms with E-state index in [-0.39, 0.29) is 11.4 Å². The number of fused-ring (bicyclic) bond motifs is 1. The Morgan fingerprint density at radius 3 is 2.71 bits per heavy atom. The number of rotatable bonds is 4. The van der Waals surface area contributed by atoms with Gasteiger partial charge in [0.2, 0.25) is 0 Å². The molecule has 0 saturated heterocycles. The fraction of sp³-hybridized carbons (Fsp3) is 0.0667. The summed E-state index contributed by atoms with van der Waals surface area (Å²) in [4.78, 5) is 9.91. The van der Waals surface area contributed by atoms with Crippen molar-refractivity contribution >= 4 is 22.3 Å². The van der Waals surface area contributed by atoms with Crippen LogP contribution in [-0.4, -0.2) is 4.92 Å². The summed E-state index contributed by atoms with van der Waals surface area (Å²) in [5, 5.41) is 14.4. The highest BCUT2D eigenvalue weighted by Gasteiger charge is 2.11. The lowest BCUT2D eigenvalue weighted by molar-refractivity contribution is -0.385. The number of nitrogens with one attached hydrogen (secondary N) is 1. The third-order valence-corrected chi connectivity index (χ3v) is 3.09. The predicted octanol–water partition coefficient (Wildman–Crippen LogP) is 4.09. The lowest BCUT2D eigenvalue weighted by Gasteiger charge is -2.05. The molecule has 106 valence electrons. The largest absolute Gasteiger partial charge is 0.459 e. The van der Waals surface area contributed by atoms with Gasteiger partial charge in [0, 0.05) is 11.5 Å². The number of benzene rings is 2. The van der Waals surface area contributed by atoms with Gasteiger partial charge < -0.3 is 9.73 Å². The van der Waals surface area contributed by atoms with Gasteiger partial charge in [0.1, 0.15) is 11.3 Å². The SMILES string of the molecule is O=[N+]([O-])c1ccc(NCc2cc3ccccc3o2)c(F)c1. The molecule has 0 radical (unpaired) electrons. The van der Waals surface area contributed by atoms with Gasteiger partial charge in [-0.25, -0.2) is 4.39 Å². The van der Waals surface area contributed by atoms with E-state index in [1.165, 1.54) is 12.1 Å². The summed E-state index contributed by atoms with van der Waals surface area (Å²) in [5.41, 5.74) is 0.682. The van der Waals surface area contributed by atoms with Crippen LogP contribution in [0.4, 0.5) is 15.8 Å². The number of non-ortho nitro benzene ring substituents is 1. The summed E-state index contributed by atoms with van der Waals surface area (Å²) in [6.45, 7) is 0.295. The fourth-order valence-corrected chi connectivity index (χ4v) is 2.07. The first-order valence-corrected chi connectivity index (χ1v) is 6.29. The maximum Gasteiger partial charge on any atom is 0.272 e. The maximum atomic E-state index is 13.7. The minimum absolute atomic E-state index is 0.195. The zero-order valence-corrected chi connectivity index (χ0v) is 10.9. The van der Waals surface area contributed by atoms with Gasteiger partial charge >= 0.3 is 0 Å². The van der Waals surface area contributed by atoms with Crippen LogP contribution < -0.4 is 5.32 Å². The van der Waals surface area contributed by atoms with Crippen molar-refractivity contribution in [3.8, 4) is 0 Å². The van der Waals surface area contributed by atoms with Gasteiger partial charge in [-0.3, -0.25) is 10.1 Å². The summed E-state index contributed by atoms with van der Waals surface area (Å²) in [5.74, 6) is -0.00531. The fourth-order valence-electron chi connectivity index (χ4n) is 2.07. The summed E-state index contributed by atoms with van der Waals surface area (Å²) in [6.07, 6.45) is 0. The zero-order chi connectivity index (χ0) is 14.8. The van der Waals surface area contributed by atoms with E-state index < -0.39 is 10.7 Å². The van der Waals surface area contributed by atoms with Crippen molar-refractivity contribution in [2.75, 3.05) is 5.32 Å². The van der Waals surface area contributed by atoms with Crippen LogP contribution in [0.15, 0.2) is 52.9 Å². The van der Waals surface area contributed by atoms with Gasteiger partial charge in [-0.2, -0.15) is 0 Å². The number of nitrogens with zero attached hydrogens (tertiary/aromatic N) is 1. The summed E-state index contributed by atoms with van der Waals surface area (Å²) in [7, 11) is 0. The molecule has 0 amide bonds. The van der Waals surface area contributed by atoms with Gasteiger partial charge in [0.25, 0.3) is 5.69 Å². The second-order valence-corrected chi connectivity index (χ2v) is 4.53. The third-order valence-electron chi connectivity index (χ3n) is 3.09. The lowest BCUT2D eigenvalue weighted by atomic mass is 10.2. The van der Waals surface area contributed by atoms with E-state index in [1.807, 2.05) is 30.3 Å². The number of nitro groups is 1. The normalized spacial score (nSPS) is 10.7. The predicted molar refractivity (Wildman–Crippen MR) is 76.6 cm³/mol. The smallest absolute Gasteiger partial charge is 0.272 e. The van der Waals surface area contributed by atoms with E-state index in [0.29, 0.717) is 12.3 Å². The van der Waals surface area contributed by atoms with Crippen LogP contribution in [0, 0.1) is 15.9 Å². The molecular formula is C15H11FN2O3. The van der Waals surface area contributed by atoms with Crippen molar-refractivity contribution in [1.82, 2.24) is 0 Å². The molecule has 5 nitrogen and oxygen atoms in total. The molecule has 0 aliphatic heterocycles. The molecule has 1 N–H and O–H groups in total. The first-order valence-electron chi connectivity index (χ1n) is 6.29. The summed E-state index contributed by atoms with van der Waals surface area (Å²) >= 11 is 0. The van der Waals surface area contributed by atoms with E-state index in [0.717, 1.165) is 17.0 Å². The van der Waals surface area contributed by atoms with Crippen molar-refractivity contribution in [2.24, 2.45) is 0 Å². The minimum Gasteiger partial charge on any atom is -0.459 e. The Balaban J connectivity index is 1.76. The van der Waals surface area contributed by atoms with Crippen LogP contribution in [0.3, 0.4) is 0 Å². The molecule has 21 heavy (non-hydrogen) atoms. The second-order valence-electron chi connectivity index (χ2n) is 4.53. The van der Waals surface area contributed by atoms with E-state index >= 15 is 0 Å². The van der Waals surface area contributed by atoms with Crippen molar-refractivity contribution in [1.29, 1.82) is 0 Å². The Morgan fingerprint density at radius 2 is 2.00 bits per heavy atom. The van der Waals surface area contributed by atoms with Crippen molar-refractivity contribution in [2.45, 2.75) is 6.54 Å². The molecule has 3 rings (SSSR count). The number of hydrogen-bond acceptors (Lipinski definition) is 4. The molecule has 0 bridgehead atoms. The van der Waals surface area contributed by atoms with Crippen LogP contribution in [0.25, 0.3) is 11.0 Å². The topological polar surface area (TPSA) is 68.3 Å². The molecule has 0 atom stereocenters. The lowest BCUT2D eigenvalue weighted by Crippen LogP contribution is -2.01. The Labute approximate surface area is 119 Å². The Morgan fingerprint density at radius 1 is 1.19 bits per heavy atom. The van der Waals surface area contributed by atoms with Gasteiger partial charge in [0.15, 0.2) is 5.82 Å². The first-order chi connectivity index (χ1) is 10.1. The number of hydrogen-bond donors (Lipinski definition) is 1. The monoisotopic (exact) mass is 286 g/mol. The first kappa shape index (κ1) is 13.1. The van der Waals surface area contributed by atoms with Crippen LogP contribution >= 0.6 is 0 Å². The van der Waals surface area contributed by atoms with Gasteiger partial charge in [-0.15, -0.1) is 0 Å². The molecule has 2 aromatic carbocycles. The van der Waals surface area contributed by atoms with E-state index in [1.54, 1.807) is 0 Å². The standard InChI is InChI=1S/C15H11FN2O3/c16-13-8-11(18(19)20)5-6-14(13)17-9-12-7-10-3-1-2-4-15(10)21-12/h1-8,17H,9H2. The van der Waals surface area contributed by atoms with Crippen LogP contribution in [0.2, 0.25) is 0 Å². The third kappa shape index (κ3) is 2.69. The van der Waals surface area contributed by atoms with Gasteiger partial charge in [-0.1, -0.05) is 18.2 Å². The summed E-state index contributed by atoms with van der Waals surface area (Å²) in [6, 6.07) is 12.9. The average molecular weight is 286 g/mol. The number of anilines is 1. The highest BCUT2D eigenvalue weighted by atomic mass is 19.1. The minimum atomic E-state index is -0.666. The molecule has 0 fully saturated rings. The van der Waals surface area contributed by atoms with Crippen LogP contribution in [0.1, 0.15) is 5.76 Å². The Bertz CT molecular complexity index is 781. The zero-order valence-electron chi connectivity index (χ0n) is 10.9. The van der Waals surface area contributed by atoms with E-state index in [2.05, 4.69) is 5.32 Å².